The molecular weight excluding hydrogens is 234 g/mol. The van der Waals surface area contributed by atoms with Crippen LogP contribution in [0.5, 0.6) is 0 Å². The molecule has 1 heterocycles. The third kappa shape index (κ3) is 3.06. The highest BCUT2D eigenvalue weighted by Gasteiger charge is 2.26. The molecule has 2 atom stereocenters. The minimum absolute atomic E-state index is 0.0667. The van der Waals surface area contributed by atoms with Crippen molar-refractivity contribution in [3.63, 3.8) is 0 Å². The van der Waals surface area contributed by atoms with Crippen molar-refractivity contribution in [2.75, 3.05) is 26.7 Å². The van der Waals surface area contributed by atoms with Crippen molar-refractivity contribution in [2.45, 2.75) is 19.4 Å². The highest BCUT2D eigenvalue weighted by atomic mass is 19.1. The molecule has 1 fully saturated rings. The second-order valence-electron chi connectivity index (χ2n) is 5.09. The molecule has 1 aliphatic heterocycles. The van der Waals surface area contributed by atoms with E-state index in [1.165, 1.54) is 12.1 Å². The standard InChI is InChI=1S/C14H20F2N2/c1-10(12-5-13(15)7-14(16)6-12)18-4-3-11(9-18)8-17-2/h5-7,10-11,17H,3-4,8-9H2,1-2H3. The third-order valence-electron chi connectivity index (χ3n) is 3.73. The molecule has 0 aromatic heterocycles. The number of halogens is 2. The first-order valence-corrected chi connectivity index (χ1v) is 6.44. The molecule has 2 rings (SSSR count). The lowest BCUT2D eigenvalue weighted by molar-refractivity contribution is 0.251. The van der Waals surface area contributed by atoms with Gasteiger partial charge in [-0.1, -0.05) is 0 Å². The fourth-order valence-corrected chi connectivity index (χ4v) is 2.70. The number of hydrogen-bond acceptors (Lipinski definition) is 2. The SMILES string of the molecule is CNCC1CCN(C(C)c2cc(F)cc(F)c2)C1. The van der Waals surface area contributed by atoms with Crippen LogP contribution in [0.25, 0.3) is 0 Å². The highest BCUT2D eigenvalue weighted by Crippen LogP contribution is 2.27. The van der Waals surface area contributed by atoms with Gasteiger partial charge in [0.15, 0.2) is 0 Å². The van der Waals surface area contributed by atoms with Gasteiger partial charge in [0.25, 0.3) is 0 Å². The Bertz CT molecular complexity index is 389. The van der Waals surface area contributed by atoms with Gasteiger partial charge in [-0.05, 0) is 57.1 Å². The van der Waals surface area contributed by atoms with Crippen molar-refractivity contribution in [3.8, 4) is 0 Å². The van der Waals surface area contributed by atoms with Crippen molar-refractivity contribution in [3.05, 3.63) is 35.4 Å². The third-order valence-corrected chi connectivity index (χ3v) is 3.73. The van der Waals surface area contributed by atoms with Gasteiger partial charge >= 0.3 is 0 Å². The van der Waals surface area contributed by atoms with Gasteiger partial charge in [-0.2, -0.15) is 0 Å². The normalized spacial score (nSPS) is 22.3. The van der Waals surface area contributed by atoms with Gasteiger partial charge in [0, 0.05) is 18.7 Å². The molecule has 100 valence electrons. The Kier molecular flexibility index (Phi) is 4.30. The molecule has 1 aliphatic rings. The molecule has 0 saturated carbocycles. The van der Waals surface area contributed by atoms with Crippen LogP contribution < -0.4 is 5.32 Å². The quantitative estimate of drug-likeness (QED) is 0.888. The molecule has 0 radical (unpaired) electrons. The largest absolute Gasteiger partial charge is 0.319 e. The molecule has 0 amide bonds. The molecule has 4 heteroatoms. The smallest absolute Gasteiger partial charge is 0.126 e. The van der Waals surface area contributed by atoms with Crippen LogP contribution in [-0.2, 0) is 0 Å². The average Bonchev–Trinajstić information content (AvgIpc) is 2.76. The molecule has 18 heavy (non-hydrogen) atoms. The molecule has 1 aromatic carbocycles. The monoisotopic (exact) mass is 254 g/mol. The molecule has 1 aromatic rings. The molecule has 0 aliphatic carbocycles. The van der Waals surface area contributed by atoms with Crippen molar-refractivity contribution >= 4 is 0 Å². The summed E-state index contributed by atoms with van der Waals surface area (Å²) in [6.07, 6.45) is 1.14. The van der Waals surface area contributed by atoms with E-state index in [9.17, 15) is 8.78 Å². The van der Waals surface area contributed by atoms with Crippen molar-refractivity contribution in [1.82, 2.24) is 10.2 Å². The van der Waals surface area contributed by atoms with Crippen molar-refractivity contribution in [1.29, 1.82) is 0 Å². The van der Waals surface area contributed by atoms with E-state index >= 15 is 0 Å². The average molecular weight is 254 g/mol. The summed E-state index contributed by atoms with van der Waals surface area (Å²) in [6.45, 7) is 4.99. The van der Waals surface area contributed by atoms with Crippen LogP contribution in [0.4, 0.5) is 8.78 Å². The minimum Gasteiger partial charge on any atom is -0.319 e. The van der Waals surface area contributed by atoms with Crippen LogP contribution in [0.1, 0.15) is 24.9 Å². The summed E-state index contributed by atoms with van der Waals surface area (Å²) >= 11 is 0. The van der Waals surface area contributed by atoms with Crippen LogP contribution in [0.3, 0.4) is 0 Å². The Labute approximate surface area is 107 Å². The van der Waals surface area contributed by atoms with E-state index in [2.05, 4.69) is 10.2 Å². The Morgan fingerprint density at radius 2 is 2.00 bits per heavy atom. The molecule has 1 N–H and O–H groups in total. The molecule has 0 spiro atoms. The summed E-state index contributed by atoms with van der Waals surface area (Å²) in [7, 11) is 1.95. The summed E-state index contributed by atoms with van der Waals surface area (Å²) in [5, 5.41) is 3.18. The van der Waals surface area contributed by atoms with Gasteiger partial charge in [-0.3, -0.25) is 4.90 Å². The summed E-state index contributed by atoms with van der Waals surface area (Å²) in [6, 6.07) is 3.85. The first-order valence-electron chi connectivity index (χ1n) is 6.44. The summed E-state index contributed by atoms with van der Waals surface area (Å²) < 4.78 is 26.4. The Hall–Kier alpha value is -1.00. The fourth-order valence-electron chi connectivity index (χ4n) is 2.70. The van der Waals surface area contributed by atoms with Gasteiger partial charge in [-0.25, -0.2) is 8.78 Å². The summed E-state index contributed by atoms with van der Waals surface area (Å²) in [5.74, 6) is -0.360. The van der Waals surface area contributed by atoms with E-state index < -0.39 is 11.6 Å². The number of benzene rings is 1. The first-order chi connectivity index (χ1) is 8.60. The highest BCUT2D eigenvalue weighted by molar-refractivity contribution is 5.21. The Morgan fingerprint density at radius 3 is 2.61 bits per heavy atom. The van der Waals surface area contributed by atoms with E-state index in [4.69, 9.17) is 0 Å². The van der Waals surface area contributed by atoms with E-state index in [1.807, 2.05) is 14.0 Å². The maximum atomic E-state index is 13.2. The number of hydrogen-bond donors (Lipinski definition) is 1. The summed E-state index contributed by atoms with van der Waals surface area (Å²) in [5.41, 5.74) is 0.720. The lowest BCUT2D eigenvalue weighted by atomic mass is 10.1. The number of rotatable bonds is 4. The van der Waals surface area contributed by atoms with Crippen molar-refractivity contribution < 1.29 is 8.78 Å². The molecule has 1 saturated heterocycles. The van der Waals surface area contributed by atoms with E-state index in [-0.39, 0.29) is 6.04 Å². The summed E-state index contributed by atoms with van der Waals surface area (Å²) in [4.78, 5) is 2.29. The van der Waals surface area contributed by atoms with Gasteiger partial charge in [0.05, 0.1) is 0 Å². The zero-order valence-electron chi connectivity index (χ0n) is 10.9. The van der Waals surface area contributed by atoms with E-state index in [0.717, 1.165) is 37.7 Å². The molecule has 2 unspecified atom stereocenters. The molecule has 0 bridgehead atoms. The predicted octanol–water partition coefficient (Wildman–Crippen LogP) is 2.57. The molecular formula is C14H20F2N2. The number of likely N-dealkylation sites (tertiary alicyclic amines) is 1. The number of nitrogens with one attached hydrogen (secondary N) is 1. The second-order valence-corrected chi connectivity index (χ2v) is 5.09. The topological polar surface area (TPSA) is 15.3 Å². The maximum absolute atomic E-state index is 13.2. The van der Waals surface area contributed by atoms with Crippen LogP contribution in [0.2, 0.25) is 0 Å². The van der Waals surface area contributed by atoms with E-state index in [0.29, 0.717) is 5.92 Å². The van der Waals surface area contributed by atoms with Gasteiger partial charge in [-0.15, -0.1) is 0 Å². The van der Waals surface area contributed by atoms with Crippen LogP contribution in [0, 0.1) is 17.6 Å². The van der Waals surface area contributed by atoms with Gasteiger partial charge in [0.1, 0.15) is 11.6 Å². The molecule has 2 nitrogen and oxygen atoms in total. The van der Waals surface area contributed by atoms with E-state index in [1.54, 1.807) is 0 Å². The second kappa shape index (κ2) is 5.76. The van der Waals surface area contributed by atoms with Crippen LogP contribution in [0.15, 0.2) is 18.2 Å². The zero-order chi connectivity index (χ0) is 13.1. The maximum Gasteiger partial charge on any atom is 0.126 e. The van der Waals surface area contributed by atoms with Gasteiger partial charge in [0.2, 0.25) is 0 Å². The van der Waals surface area contributed by atoms with Crippen LogP contribution in [-0.4, -0.2) is 31.6 Å². The van der Waals surface area contributed by atoms with Gasteiger partial charge < -0.3 is 5.32 Å². The first kappa shape index (κ1) is 13.4. The zero-order valence-corrected chi connectivity index (χ0v) is 10.9. The minimum atomic E-state index is -0.497. The lowest BCUT2D eigenvalue weighted by Gasteiger charge is -2.25. The Balaban J connectivity index is 2.05. The lowest BCUT2D eigenvalue weighted by Crippen LogP contribution is -2.27. The fraction of sp³-hybridized carbons (Fsp3) is 0.571. The Morgan fingerprint density at radius 1 is 1.33 bits per heavy atom. The number of nitrogens with zero attached hydrogens (tertiary/aromatic N) is 1. The van der Waals surface area contributed by atoms with Crippen LogP contribution >= 0.6 is 0 Å². The predicted molar refractivity (Wildman–Crippen MR) is 68.4 cm³/mol. The van der Waals surface area contributed by atoms with Crippen molar-refractivity contribution in [2.24, 2.45) is 5.92 Å².